The van der Waals surface area contributed by atoms with E-state index in [2.05, 4.69) is 16.3 Å². The fourth-order valence-electron chi connectivity index (χ4n) is 4.70. The highest BCUT2D eigenvalue weighted by Gasteiger charge is 2.48. The molecule has 1 heterocycles. The Kier molecular flexibility index (Phi) is 2.63. The molecule has 4 saturated carbocycles. The summed E-state index contributed by atoms with van der Waals surface area (Å²) in [6.45, 7) is 0. The van der Waals surface area contributed by atoms with Gasteiger partial charge in [0.2, 0.25) is 5.82 Å². The molecule has 4 fully saturated rings. The van der Waals surface area contributed by atoms with Crippen molar-refractivity contribution < 1.29 is 0 Å². The molecule has 5 heteroatoms. The maximum atomic E-state index is 8.96. The smallest absolute Gasteiger partial charge is 0.235 e. The Morgan fingerprint density at radius 3 is 2.26 bits per heavy atom. The van der Waals surface area contributed by atoms with Gasteiger partial charge in [0.1, 0.15) is 6.07 Å². The zero-order chi connectivity index (χ0) is 13.0. The fraction of sp³-hybridized carbons (Fsp3) is 0.786. The zero-order valence-electron chi connectivity index (χ0n) is 11.1. The van der Waals surface area contributed by atoms with Crippen molar-refractivity contribution in [1.82, 2.24) is 14.8 Å². The van der Waals surface area contributed by atoms with Crippen molar-refractivity contribution in [2.75, 3.05) is 0 Å². The number of rotatable bonds is 2. The molecule has 4 aliphatic rings. The summed E-state index contributed by atoms with van der Waals surface area (Å²) in [4.78, 5) is 0. The normalized spacial score (nSPS) is 39.5. The molecule has 0 amide bonds. The predicted molar refractivity (Wildman–Crippen MR) is 72.4 cm³/mol. The molecule has 0 aromatic carbocycles. The van der Waals surface area contributed by atoms with Gasteiger partial charge in [0.15, 0.2) is 5.16 Å². The topological polar surface area (TPSA) is 54.5 Å². The molecule has 19 heavy (non-hydrogen) atoms. The van der Waals surface area contributed by atoms with Gasteiger partial charge in [0, 0.05) is 12.3 Å². The second-order valence-electron chi connectivity index (χ2n) is 6.49. The molecule has 0 unspecified atom stereocenters. The van der Waals surface area contributed by atoms with Crippen LogP contribution in [0.3, 0.4) is 0 Å². The Morgan fingerprint density at radius 1 is 1.11 bits per heavy atom. The van der Waals surface area contributed by atoms with E-state index in [4.69, 9.17) is 5.26 Å². The standard InChI is InChI=1S/C14H18N4S/c1-18-12(7-15)16-17-14(18)19-13-10-3-8-2-9(5-10)6-11(13)4-8/h8-11,13H,2-6H2,1H3. The van der Waals surface area contributed by atoms with Gasteiger partial charge >= 0.3 is 0 Å². The van der Waals surface area contributed by atoms with Crippen LogP contribution in [0.2, 0.25) is 0 Å². The third-order valence-electron chi connectivity index (χ3n) is 5.32. The first kappa shape index (κ1) is 11.8. The van der Waals surface area contributed by atoms with E-state index in [-0.39, 0.29) is 0 Å². The van der Waals surface area contributed by atoms with Gasteiger partial charge in [0.25, 0.3) is 0 Å². The lowest BCUT2D eigenvalue weighted by atomic mass is 9.56. The minimum Gasteiger partial charge on any atom is -0.297 e. The number of hydrogen-bond donors (Lipinski definition) is 0. The minimum atomic E-state index is 0.423. The number of thioether (sulfide) groups is 1. The maximum Gasteiger partial charge on any atom is 0.235 e. The molecule has 4 nitrogen and oxygen atoms in total. The summed E-state index contributed by atoms with van der Waals surface area (Å²) in [5.41, 5.74) is 0. The van der Waals surface area contributed by atoms with Gasteiger partial charge in [0.05, 0.1) is 0 Å². The molecular formula is C14H18N4S. The van der Waals surface area contributed by atoms with Crippen molar-refractivity contribution in [3.05, 3.63) is 5.82 Å². The molecule has 4 bridgehead atoms. The lowest BCUT2D eigenvalue weighted by Crippen LogP contribution is -2.46. The van der Waals surface area contributed by atoms with E-state index in [0.29, 0.717) is 11.1 Å². The first-order chi connectivity index (χ1) is 9.24. The van der Waals surface area contributed by atoms with Crippen molar-refractivity contribution in [1.29, 1.82) is 5.26 Å². The van der Waals surface area contributed by atoms with Crippen LogP contribution in [0.15, 0.2) is 5.16 Å². The van der Waals surface area contributed by atoms with Gasteiger partial charge in [-0.3, -0.25) is 4.57 Å². The molecule has 0 saturated heterocycles. The highest BCUT2D eigenvalue weighted by molar-refractivity contribution is 7.99. The number of nitrogens with zero attached hydrogens (tertiary/aromatic N) is 4. The molecular weight excluding hydrogens is 256 g/mol. The lowest BCUT2D eigenvalue weighted by Gasteiger charge is -2.53. The highest BCUT2D eigenvalue weighted by Crippen LogP contribution is 2.57. The third-order valence-corrected chi connectivity index (χ3v) is 6.92. The van der Waals surface area contributed by atoms with E-state index in [0.717, 1.165) is 28.8 Å². The summed E-state index contributed by atoms with van der Waals surface area (Å²) >= 11 is 1.88. The quantitative estimate of drug-likeness (QED) is 0.832. The monoisotopic (exact) mass is 274 g/mol. The summed E-state index contributed by atoms with van der Waals surface area (Å²) < 4.78 is 1.84. The van der Waals surface area contributed by atoms with Crippen LogP contribution in [0.5, 0.6) is 0 Å². The van der Waals surface area contributed by atoms with Crippen LogP contribution in [0, 0.1) is 35.0 Å². The molecule has 5 rings (SSSR count). The molecule has 0 radical (unpaired) electrons. The summed E-state index contributed by atoms with van der Waals surface area (Å²) in [5.74, 6) is 4.19. The zero-order valence-corrected chi connectivity index (χ0v) is 11.9. The van der Waals surface area contributed by atoms with Crippen LogP contribution in [-0.2, 0) is 7.05 Å². The SMILES string of the molecule is Cn1c(C#N)nnc1SC1C2CC3CC(C2)CC1C3. The highest BCUT2D eigenvalue weighted by atomic mass is 32.2. The first-order valence-electron chi connectivity index (χ1n) is 7.20. The van der Waals surface area contributed by atoms with Crippen LogP contribution >= 0.6 is 11.8 Å². The van der Waals surface area contributed by atoms with Gasteiger partial charge in [-0.2, -0.15) is 5.26 Å². The van der Waals surface area contributed by atoms with Crippen LogP contribution in [0.25, 0.3) is 0 Å². The average Bonchev–Trinajstić information content (AvgIpc) is 2.74. The second kappa shape index (κ2) is 4.24. The number of nitriles is 1. The van der Waals surface area contributed by atoms with E-state index in [1.807, 2.05) is 23.4 Å². The van der Waals surface area contributed by atoms with Crippen molar-refractivity contribution in [3.63, 3.8) is 0 Å². The predicted octanol–water partition coefficient (Wildman–Crippen LogP) is 2.60. The maximum absolute atomic E-state index is 8.96. The van der Waals surface area contributed by atoms with Crippen LogP contribution in [0.1, 0.15) is 37.9 Å². The average molecular weight is 274 g/mol. The molecule has 0 N–H and O–H groups in total. The molecule has 1 aromatic rings. The molecule has 0 atom stereocenters. The van der Waals surface area contributed by atoms with Gasteiger partial charge in [-0.05, 0) is 55.8 Å². The molecule has 0 spiro atoms. The Hall–Kier alpha value is -1.02. The van der Waals surface area contributed by atoms with Crippen molar-refractivity contribution in [2.45, 2.75) is 42.5 Å². The fourth-order valence-corrected chi connectivity index (χ4v) is 6.11. The van der Waals surface area contributed by atoms with E-state index in [9.17, 15) is 0 Å². The molecule has 1 aromatic heterocycles. The number of aromatic nitrogens is 3. The Labute approximate surface area is 117 Å². The van der Waals surface area contributed by atoms with E-state index in [1.54, 1.807) is 0 Å². The lowest BCUT2D eigenvalue weighted by molar-refractivity contribution is 0.0266. The van der Waals surface area contributed by atoms with Crippen LogP contribution in [-0.4, -0.2) is 20.0 Å². The van der Waals surface area contributed by atoms with Crippen LogP contribution < -0.4 is 0 Å². The summed E-state index contributed by atoms with van der Waals surface area (Å²) in [5, 5.41) is 18.7. The molecule has 4 aliphatic carbocycles. The van der Waals surface area contributed by atoms with Gasteiger partial charge in [-0.15, -0.1) is 10.2 Å². The summed E-state index contributed by atoms with van der Waals surface area (Å²) in [7, 11) is 1.90. The van der Waals surface area contributed by atoms with Crippen molar-refractivity contribution >= 4 is 11.8 Å². The van der Waals surface area contributed by atoms with Gasteiger partial charge in [-0.25, -0.2) is 0 Å². The Balaban J connectivity index is 1.57. The van der Waals surface area contributed by atoms with Gasteiger partial charge in [-0.1, -0.05) is 11.8 Å². The first-order valence-corrected chi connectivity index (χ1v) is 8.08. The largest absolute Gasteiger partial charge is 0.297 e. The van der Waals surface area contributed by atoms with Crippen LogP contribution in [0.4, 0.5) is 0 Å². The summed E-state index contributed by atoms with van der Waals surface area (Å²) in [6, 6.07) is 2.09. The second-order valence-corrected chi connectivity index (χ2v) is 7.64. The van der Waals surface area contributed by atoms with Crippen molar-refractivity contribution in [3.8, 4) is 6.07 Å². The third kappa shape index (κ3) is 1.80. The van der Waals surface area contributed by atoms with E-state index < -0.39 is 0 Å². The Bertz CT molecular complexity index is 516. The molecule has 0 aliphatic heterocycles. The molecule has 100 valence electrons. The van der Waals surface area contributed by atoms with Crippen molar-refractivity contribution in [2.24, 2.45) is 30.7 Å². The van der Waals surface area contributed by atoms with E-state index >= 15 is 0 Å². The Morgan fingerprint density at radius 2 is 1.74 bits per heavy atom. The van der Waals surface area contributed by atoms with E-state index in [1.165, 1.54) is 32.1 Å². The van der Waals surface area contributed by atoms with Gasteiger partial charge < -0.3 is 0 Å². The summed E-state index contributed by atoms with van der Waals surface area (Å²) in [6.07, 6.45) is 7.19. The number of hydrogen-bond acceptors (Lipinski definition) is 4. The minimum absolute atomic E-state index is 0.423.